The van der Waals surface area contributed by atoms with E-state index in [2.05, 4.69) is 56.4 Å². The standard InChI is InChI=1S/C18H23NO/c1-12-7-6-8-13(2)17(12)18(19-4)16-10-9-15(20-5)11-14(16)3/h6-11,18-19H,1-5H3. The Balaban J connectivity index is 2.53. The third-order valence-corrected chi connectivity index (χ3v) is 3.91. The highest BCUT2D eigenvalue weighted by molar-refractivity contribution is 5.46. The molecule has 1 N–H and O–H groups in total. The van der Waals surface area contributed by atoms with Gasteiger partial charge in [0, 0.05) is 0 Å². The van der Waals surface area contributed by atoms with E-state index in [0.717, 1.165) is 5.75 Å². The molecule has 0 radical (unpaired) electrons. The summed E-state index contributed by atoms with van der Waals surface area (Å²) in [6, 6.07) is 12.9. The molecule has 0 fully saturated rings. The van der Waals surface area contributed by atoms with E-state index >= 15 is 0 Å². The largest absolute Gasteiger partial charge is 0.497 e. The summed E-state index contributed by atoms with van der Waals surface area (Å²) in [6.45, 7) is 6.48. The van der Waals surface area contributed by atoms with E-state index < -0.39 is 0 Å². The van der Waals surface area contributed by atoms with E-state index in [1.165, 1.54) is 27.8 Å². The molecule has 0 heterocycles. The average Bonchev–Trinajstić information content (AvgIpc) is 2.43. The molecule has 0 saturated carbocycles. The van der Waals surface area contributed by atoms with E-state index in [-0.39, 0.29) is 6.04 Å². The fourth-order valence-corrected chi connectivity index (χ4v) is 2.84. The minimum absolute atomic E-state index is 0.210. The molecule has 0 spiro atoms. The summed E-state index contributed by atoms with van der Waals surface area (Å²) >= 11 is 0. The lowest BCUT2D eigenvalue weighted by atomic mass is 9.89. The van der Waals surface area contributed by atoms with Crippen LogP contribution in [0.3, 0.4) is 0 Å². The lowest BCUT2D eigenvalue weighted by Gasteiger charge is -2.23. The lowest BCUT2D eigenvalue weighted by Crippen LogP contribution is -2.20. The Morgan fingerprint density at radius 3 is 2.10 bits per heavy atom. The normalized spacial score (nSPS) is 12.2. The van der Waals surface area contributed by atoms with E-state index in [1.54, 1.807) is 7.11 Å². The third-order valence-electron chi connectivity index (χ3n) is 3.91. The minimum atomic E-state index is 0.210. The van der Waals surface area contributed by atoms with Gasteiger partial charge in [-0.25, -0.2) is 0 Å². The molecule has 0 bridgehead atoms. The molecule has 1 unspecified atom stereocenters. The highest BCUT2D eigenvalue weighted by Gasteiger charge is 2.18. The fourth-order valence-electron chi connectivity index (χ4n) is 2.84. The van der Waals surface area contributed by atoms with Crippen molar-refractivity contribution in [3.63, 3.8) is 0 Å². The topological polar surface area (TPSA) is 21.3 Å². The Kier molecular flexibility index (Phi) is 4.46. The van der Waals surface area contributed by atoms with Crippen molar-refractivity contribution in [3.8, 4) is 5.75 Å². The van der Waals surface area contributed by atoms with Crippen molar-refractivity contribution < 1.29 is 4.74 Å². The molecule has 2 nitrogen and oxygen atoms in total. The Hall–Kier alpha value is -1.80. The van der Waals surface area contributed by atoms with E-state index in [9.17, 15) is 0 Å². The summed E-state index contributed by atoms with van der Waals surface area (Å²) < 4.78 is 5.30. The van der Waals surface area contributed by atoms with E-state index in [0.29, 0.717) is 0 Å². The maximum Gasteiger partial charge on any atom is 0.119 e. The second-order valence-electron chi connectivity index (χ2n) is 5.25. The Labute approximate surface area is 121 Å². The smallest absolute Gasteiger partial charge is 0.119 e. The molecule has 0 aromatic heterocycles. The molecule has 20 heavy (non-hydrogen) atoms. The number of nitrogens with one attached hydrogen (secondary N) is 1. The quantitative estimate of drug-likeness (QED) is 0.908. The first kappa shape index (κ1) is 14.6. The van der Waals surface area contributed by atoms with Crippen LogP contribution in [-0.2, 0) is 0 Å². The summed E-state index contributed by atoms with van der Waals surface area (Å²) in [4.78, 5) is 0. The van der Waals surface area contributed by atoms with Crippen molar-refractivity contribution in [2.75, 3.05) is 14.2 Å². The van der Waals surface area contributed by atoms with Crippen LogP contribution in [0.4, 0.5) is 0 Å². The number of benzene rings is 2. The van der Waals surface area contributed by atoms with Crippen LogP contribution in [0.2, 0.25) is 0 Å². The summed E-state index contributed by atoms with van der Waals surface area (Å²) in [5.74, 6) is 0.905. The second kappa shape index (κ2) is 6.10. The van der Waals surface area contributed by atoms with Crippen LogP contribution >= 0.6 is 0 Å². The van der Waals surface area contributed by atoms with Crippen molar-refractivity contribution in [2.45, 2.75) is 26.8 Å². The van der Waals surface area contributed by atoms with Gasteiger partial charge in [0.2, 0.25) is 0 Å². The van der Waals surface area contributed by atoms with Gasteiger partial charge in [-0.1, -0.05) is 24.3 Å². The second-order valence-corrected chi connectivity index (χ2v) is 5.25. The van der Waals surface area contributed by atoms with Crippen molar-refractivity contribution in [1.82, 2.24) is 5.32 Å². The number of ether oxygens (including phenoxy) is 1. The molecule has 0 aliphatic rings. The summed E-state index contributed by atoms with van der Waals surface area (Å²) in [7, 11) is 3.72. The van der Waals surface area contributed by atoms with Gasteiger partial charge in [-0.05, 0) is 67.8 Å². The Bertz CT molecular complexity index is 584. The number of hydrogen-bond donors (Lipinski definition) is 1. The molecule has 0 aliphatic carbocycles. The molecule has 106 valence electrons. The van der Waals surface area contributed by atoms with Gasteiger partial charge >= 0.3 is 0 Å². The molecule has 0 saturated heterocycles. The first-order chi connectivity index (χ1) is 9.58. The number of rotatable bonds is 4. The van der Waals surface area contributed by atoms with Gasteiger partial charge in [-0.3, -0.25) is 0 Å². The SMILES string of the molecule is CNC(c1ccc(OC)cc1C)c1c(C)cccc1C. The minimum Gasteiger partial charge on any atom is -0.497 e. The third kappa shape index (κ3) is 2.70. The van der Waals surface area contributed by atoms with E-state index in [4.69, 9.17) is 4.74 Å². The van der Waals surface area contributed by atoms with Crippen LogP contribution in [0.15, 0.2) is 36.4 Å². The van der Waals surface area contributed by atoms with Crippen LogP contribution in [-0.4, -0.2) is 14.2 Å². The van der Waals surface area contributed by atoms with Crippen LogP contribution in [0, 0.1) is 20.8 Å². The maximum atomic E-state index is 5.30. The molecule has 2 aromatic rings. The van der Waals surface area contributed by atoms with E-state index in [1.807, 2.05) is 13.1 Å². The molecule has 0 aliphatic heterocycles. The van der Waals surface area contributed by atoms with Crippen molar-refractivity contribution in [1.29, 1.82) is 0 Å². The predicted molar refractivity (Wildman–Crippen MR) is 84.5 cm³/mol. The van der Waals surface area contributed by atoms with Gasteiger partial charge in [0.25, 0.3) is 0 Å². The van der Waals surface area contributed by atoms with Crippen molar-refractivity contribution in [3.05, 3.63) is 64.2 Å². The molecular formula is C18H23NO. The average molecular weight is 269 g/mol. The lowest BCUT2D eigenvalue weighted by molar-refractivity contribution is 0.414. The monoisotopic (exact) mass is 269 g/mol. The number of hydrogen-bond acceptors (Lipinski definition) is 2. The van der Waals surface area contributed by atoms with Crippen molar-refractivity contribution in [2.24, 2.45) is 0 Å². The molecule has 2 rings (SSSR count). The molecule has 2 heteroatoms. The molecule has 2 aromatic carbocycles. The van der Waals surface area contributed by atoms with Gasteiger partial charge < -0.3 is 10.1 Å². The first-order valence-electron chi connectivity index (χ1n) is 6.96. The zero-order chi connectivity index (χ0) is 14.7. The highest BCUT2D eigenvalue weighted by atomic mass is 16.5. The van der Waals surface area contributed by atoms with Crippen LogP contribution in [0.25, 0.3) is 0 Å². The fraction of sp³-hybridized carbons (Fsp3) is 0.333. The molecule has 1 atom stereocenters. The summed E-state index contributed by atoms with van der Waals surface area (Å²) in [5, 5.41) is 3.45. The van der Waals surface area contributed by atoms with Gasteiger partial charge in [0.05, 0.1) is 13.2 Å². The van der Waals surface area contributed by atoms with Gasteiger partial charge in [-0.2, -0.15) is 0 Å². The number of methoxy groups -OCH3 is 1. The summed E-state index contributed by atoms with van der Waals surface area (Å²) in [6.07, 6.45) is 0. The van der Waals surface area contributed by atoms with Crippen LogP contribution in [0.1, 0.15) is 33.9 Å². The predicted octanol–water partition coefficient (Wildman–Crippen LogP) is 3.93. The first-order valence-corrected chi connectivity index (χ1v) is 6.96. The molecular weight excluding hydrogens is 246 g/mol. The zero-order valence-electron chi connectivity index (χ0n) is 12.9. The Morgan fingerprint density at radius 1 is 0.950 bits per heavy atom. The van der Waals surface area contributed by atoms with Gasteiger partial charge in [-0.15, -0.1) is 0 Å². The van der Waals surface area contributed by atoms with Crippen molar-refractivity contribution >= 4 is 0 Å². The molecule has 0 amide bonds. The van der Waals surface area contributed by atoms with Gasteiger partial charge in [0.1, 0.15) is 5.75 Å². The Morgan fingerprint density at radius 2 is 1.60 bits per heavy atom. The van der Waals surface area contributed by atoms with Crippen LogP contribution < -0.4 is 10.1 Å². The zero-order valence-corrected chi connectivity index (χ0v) is 12.9. The number of aryl methyl sites for hydroxylation is 3. The summed E-state index contributed by atoms with van der Waals surface area (Å²) in [5.41, 5.74) is 6.54. The van der Waals surface area contributed by atoms with Gasteiger partial charge in [0.15, 0.2) is 0 Å². The maximum absolute atomic E-state index is 5.30. The highest BCUT2D eigenvalue weighted by Crippen LogP contribution is 2.31. The van der Waals surface area contributed by atoms with Crippen LogP contribution in [0.5, 0.6) is 5.75 Å².